The molecule has 1 N–H and O–H groups in total. The summed E-state index contributed by atoms with van der Waals surface area (Å²) in [5, 5.41) is 3.59. The normalized spacial score (nSPS) is 26.6. The Hall–Kier alpha value is -0.340. The molecule has 0 spiro atoms. The lowest BCUT2D eigenvalue weighted by molar-refractivity contribution is 0.459. The predicted molar refractivity (Wildman–Crippen MR) is 81.8 cm³/mol. The van der Waals surface area contributed by atoms with Gasteiger partial charge in [0.1, 0.15) is 0 Å². The van der Waals surface area contributed by atoms with Crippen molar-refractivity contribution in [1.82, 2.24) is 5.32 Å². The summed E-state index contributed by atoms with van der Waals surface area (Å²) in [7, 11) is 0. The predicted octanol–water partition coefficient (Wildman–Crippen LogP) is 4.26. The van der Waals surface area contributed by atoms with Gasteiger partial charge in [-0.25, -0.2) is 0 Å². The summed E-state index contributed by atoms with van der Waals surface area (Å²) in [5.41, 5.74) is 1.99. The Labute approximate surface area is 119 Å². The Bertz CT molecular complexity index is 385. The second-order valence-corrected chi connectivity index (χ2v) is 7.33. The first-order chi connectivity index (χ1) is 8.49. The van der Waals surface area contributed by atoms with Crippen molar-refractivity contribution in [3.63, 3.8) is 0 Å². The molecule has 2 atom stereocenters. The van der Waals surface area contributed by atoms with Crippen LogP contribution in [0.1, 0.15) is 32.8 Å². The van der Waals surface area contributed by atoms with Crippen molar-refractivity contribution in [3.05, 3.63) is 34.3 Å². The van der Waals surface area contributed by atoms with E-state index in [2.05, 4.69) is 66.3 Å². The average molecular weight is 310 g/mol. The molecule has 2 rings (SSSR count). The van der Waals surface area contributed by atoms with Crippen molar-refractivity contribution in [2.24, 2.45) is 17.3 Å². The molecule has 1 fully saturated rings. The maximum Gasteiger partial charge on any atom is 0.0175 e. The van der Waals surface area contributed by atoms with Crippen molar-refractivity contribution in [3.8, 4) is 0 Å². The molecule has 18 heavy (non-hydrogen) atoms. The van der Waals surface area contributed by atoms with Crippen molar-refractivity contribution in [1.29, 1.82) is 0 Å². The minimum absolute atomic E-state index is 0.526. The van der Waals surface area contributed by atoms with Gasteiger partial charge in [0.25, 0.3) is 0 Å². The van der Waals surface area contributed by atoms with Crippen LogP contribution >= 0.6 is 15.9 Å². The van der Waals surface area contributed by atoms with Gasteiger partial charge < -0.3 is 5.32 Å². The zero-order chi connectivity index (χ0) is 13.2. The second-order valence-electron chi connectivity index (χ2n) is 6.41. The minimum Gasteiger partial charge on any atom is -0.316 e. The number of hydrogen-bond donors (Lipinski definition) is 1. The van der Waals surface area contributed by atoms with E-state index in [0.29, 0.717) is 5.41 Å². The highest BCUT2D eigenvalue weighted by Crippen LogP contribution is 2.53. The van der Waals surface area contributed by atoms with Crippen LogP contribution in [0.25, 0.3) is 0 Å². The van der Waals surface area contributed by atoms with Gasteiger partial charge in [0.05, 0.1) is 0 Å². The summed E-state index contributed by atoms with van der Waals surface area (Å²) in [6.45, 7) is 9.29. The summed E-state index contributed by atoms with van der Waals surface area (Å²) in [4.78, 5) is 0. The van der Waals surface area contributed by atoms with Gasteiger partial charge in [0, 0.05) is 4.47 Å². The summed E-state index contributed by atoms with van der Waals surface area (Å²) in [6.07, 6.45) is 2.59. The molecule has 1 saturated carbocycles. The molecule has 1 aliphatic carbocycles. The van der Waals surface area contributed by atoms with Gasteiger partial charge in [-0.2, -0.15) is 0 Å². The summed E-state index contributed by atoms with van der Waals surface area (Å²) in [6, 6.07) is 8.78. The standard InChI is InChI=1S/C16H24BrN/c1-12(2)10-18-11-14-9-16(14,3)8-13-4-6-15(17)7-5-13/h4-7,12,14,18H,8-11H2,1-3H3. The minimum atomic E-state index is 0.526. The SMILES string of the molecule is CC(C)CNCC1CC1(C)Cc1ccc(Br)cc1. The van der Waals surface area contributed by atoms with Crippen molar-refractivity contribution in [2.75, 3.05) is 13.1 Å². The molecule has 0 amide bonds. The molecule has 2 unspecified atom stereocenters. The zero-order valence-corrected chi connectivity index (χ0v) is 13.3. The molecule has 1 aromatic carbocycles. The van der Waals surface area contributed by atoms with Gasteiger partial charge in [-0.3, -0.25) is 0 Å². The van der Waals surface area contributed by atoms with Crippen LogP contribution in [0.15, 0.2) is 28.7 Å². The molecular formula is C16H24BrN. The monoisotopic (exact) mass is 309 g/mol. The number of halogens is 1. The molecule has 0 radical (unpaired) electrons. The topological polar surface area (TPSA) is 12.0 Å². The number of hydrogen-bond acceptors (Lipinski definition) is 1. The van der Waals surface area contributed by atoms with Crippen molar-refractivity contribution in [2.45, 2.75) is 33.6 Å². The molecule has 0 bridgehead atoms. The van der Waals surface area contributed by atoms with Gasteiger partial charge in [0.2, 0.25) is 0 Å². The molecule has 0 aromatic heterocycles. The van der Waals surface area contributed by atoms with Crippen molar-refractivity contribution >= 4 is 15.9 Å². The first-order valence-corrected chi connectivity index (χ1v) is 7.74. The first kappa shape index (κ1) is 14.1. The Morgan fingerprint density at radius 2 is 2.00 bits per heavy atom. The fourth-order valence-corrected chi connectivity index (χ4v) is 2.92. The van der Waals surface area contributed by atoms with Crippen LogP contribution in [0.2, 0.25) is 0 Å². The van der Waals surface area contributed by atoms with E-state index >= 15 is 0 Å². The van der Waals surface area contributed by atoms with Crippen LogP contribution in [-0.2, 0) is 6.42 Å². The molecular weight excluding hydrogens is 286 g/mol. The van der Waals surface area contributed by atoms with Gasteiger partial charge in [-0.1, -0.05) is 48.8 Å². The molecule has 1 aromatic rings. The highest BCUT2D eigenvalue weighted by Gasteiger charge is 2.48. The van der Waals surface area contributed by atoms with Gasteiger partial charge in [-0.05, 0) is 60.9 Å². The highest BCUT2D eigenvalue weighted by molar-refractivity contribution is 9.10. The van der Waals surface area contributed by atoms with Crippen LogP contribution in [0.4, 0.5) is 0 Å². The third-order valence-corrected chi connectivity index (χ3v) is 4.53. The van der Waals surface area contributed by atoms with Gasteiger partial charge >= 0.3 is 0 Å². The highest BCUT2D eigenvalue weighted by atomic mass is 79.9. The van der Waals surface area contributed by atoms with E-state index in [1.54, 1.807) is 0 Å². The lowest BCUT2D eigenvalue weighted by Crippen LogP contribution is -2.23. The Kier molecular flexibility index (Phi) is 4.50. The van der Waals surface area contributed by atoms with E-state index in [1.165, 1.54) is 29.4 Å². The third kappa shape index (κ3) is 3.83. The Balaban J connectivity index is 1.78. The quantitative estimate of drug-likeness (QED) is 0.827. The fourth-order valence-electron chi connectivity index (χ4n) is 2.65. The van der Waals surface area contributed by atoms with Gasteiger partial charge in [-0.15, -0.1) is 0 Å². The van der Waals surface area contributed by atoms with Crippen LogP contribution in [0, 0.1) is 17.3 Å². The average Bonchev–Trinajstić information content (AvgIpc) is 2.92. The first-order valence-electron chi connectivity index (χ1n) is 6.95. The molecule has 2 heteroatoms. The van der Waals surface area contributed by atoms with Crippen molar-refractivity contribution < 1.29 is 0 Å². The summed E-state index contributed by atoms with van der Waals surface area (Å²) in [5.74, 6) is 1.61. The molecule has 100 valence electrons. The molecule has 1 nitrogen and oxygen atoms in total. The molecule has 1 aliphatic rings. The Morgan fingerprint density at radius 3 is 2.61 bits per heavy atom. The largest absolute Gasteiger partial charge is 0.316 e. The lowest BCUT2D eigenvalue weighted by atomic mass is 9.96. The Morgan fingerprint density at radius 1 is 1.33 bits per heavy atom. The second kappa shape index (κ2) is 5.75. The van der Waals surface area contributed by atoms with E-state index < -0.39 is 0 Å². The molecule has 0 saturated heterocycles. The van der Waals surface area contributed by atoms with Gasteiger partial charge in [0.15, 0.2) is 0 Å². The summed E-state index contributed by atoms with van der Waals surface area (Å²) < 4.78 is 1.17. The maximum absolute atomic E-state index is 3.59. The fraction of sp³-hybridized carbons (Fsp3) is 0.625. The number of rotatable bonds is 6. The van der Waals surface area contributed by atoms with Crippen LogP contribution in [-0.4, -0.2) is 13.1 Å². The van der Waals surface area contributed by atoms with Crippen LogP contribution in [0.3, 0.4) is 0 Å². The van der Waals surface area contributed by atoms with E-state index in [4.69, 9.17) is 0 Å². The zero-order valence-electron chi connectivity index (χ0n) is 11.7. The number of nitrogens with one attached hydrogen (secondary N) is 1. The third-order valence-electron chi connectivity index (χ3n) is 4.00. The van der Waals surface area contributed by atoms with E-state index in [0.717, 1.165) is 18.4 Å². The lowest BCUT2D eigenvalue weighted by Gasteiger charge is -2.13. The van der Waals surface area contributed by atoms with E-state index in [-0.39, 0.29) is 0 Å². The molecule has 0 aliphatic heterocycles. The molecule has 0 heterocycles. The summed E-state index contributed by atoms with van der Waals surface area (Å²) >= 11 is 3.49. The number of benzene rings is 1. The smallest absolute Gasteiger partial charge is 0.0175 e. The van der Waals surface area contributed by atoms with Crippen LogP contribution in [0.5, 0.6) is 0 Å². The van der Waals surface area contributed by atoms with E-state index in [9.17, 15) is 0 Å². The van der Waals surface area contributed by atoms with Crippen LogP contribution < -0.4 is 5.32 Å². The van der Waals surface area contributed by atoms with E-state index in [1.807, 2.05) is 0 Å². The maximum atomic E-state index is 3.59.